The van der Waals surface area contributed by atoms with Crippen molar-refractivity contribution in [1.82, 2.24) is 5.16 Å². The van der Waals surface area contributed by atoms with Crippen molar-refractivity contribution in [3.05, 3.63) is 24.5 Å². The van der Waals surface area contributed by atoms with Crippen LogP contribution in [0.4, 0.5) is 0 Å². The molecule has 0 unspecified atom stereocenters. The summed E-state index contributed by atoms with van der Waals surface area (Å²) in [6.45, 7) is 0. The van der Waals surface area contributed by atoms with Gasteiger partial charge in [0.1, 0.15) is 16.7 Å². The molecule has 2 aromatic rings. The molecule has 0 aliphatic rings. The Labute approximate surface area is 78.5 Å². The van der Waals surface area contributed by atoms with E-state index in [9.17, 15) is 8.42 Å². The van der Waals surface area contributed by atoms with E-state index in [0.29, 0.717) is 5.39 Å². The zero-order valence-corrected chi connectivity index (χ0v) is 7.84. The minimum absolute atomic E-state index is 0.0274. The zero-order chi connectivity index (χ0) is 9.47. The number of fused-ring (bicyclic) bond motifs is 1. The van der Waals surface area contributed by atoms with E-state index in [4.69, 9.17) is 10.7 Å². The summed E-state index contributed by atoms with van der Waals surface area (Å²) < 4.78 is 26.7. The van der Waals surface area contributed by atoms with E-state index in [-0.39, 0.29) is 10.4 Å². The van der Waals surface area contributed by atoms with Crippen LogP contribution in [-0.2, 0) is 9.05 Å². The summed E-state index contributed by atoms with van der Waals surface area (Å²) in [6.07, 6.45) is 1.36. The molecule has 1 heterocycles. The van der Waals surface area contributed by atoms with Crippen molar-refractivity contribution >= 4 is 30.6 Å². The summed E-state index contributed by atoms with van der Waals surface area (Å²) in [4.78, 5) is -0.0274. The Bertz CT molecular complexity index is 546. The lowest BCUT2D eigenvalue weighted by atomic mass is 10.3. The highest BCUT2D eigenvalue weighted by Gasteiger charge is 2.15. The first kappa shape index (κ1) is 8.52. The molecular formula is C7H4ClNO3S. The third-order valence-corrected chi connectivity index (χ3v) is 2.97. The number of benzene rings is 1. The average molecular weight is 218 g/mol. The van der Waals surface area contributed by atoms with Crippen molar-refractivity contribution in [2.24, 2.45) is 0 Å². The average Bonchev–Trinajstić information content (AvgIpc) is 2.48. The second-order valence-corrected chi connectivity index (χ2v) is 4.98. The summed E-state index contributed by atoms with van der Waals surface area (Å²) in [6, 6.07) is 4.65. The highest BCUT2D eigenvalue weighted by Crippen LogP contribution is 2.23. The van der Waals surface area contributed by atoms with Gasteiger partial charge in [0.05, 0.1) is 0 Å². The van der Waals surface area contributed by atoms with Crippen LogP contribution in [-0.4, -0.2) is 13.6 Å². The molecule has 0 saturated heterocycles. The van der Waals surface area contributed by atoms with Gasteiger partial charge >= 0.3 is 0 Å². The molecule has 0 bridgehead atoms. The van der Waals surface area contributed by atoms with Gasteiger partial charge in [-0.3, -0.25) is 0 Å². The first-order chi connectivity index (χ1) is 6.09. The molecule has 0 aliphatic carbocycles. The molecule has 0 saturated carbocycles. The van der Waals surface area contributed by atoms with Crippen molar-refractivity contribution in [2.45, 2.75) is 4.90 Å². The Morgan fingerprint density at radius 1 is 1.38 bits per heavy atom. The first-order valence-electron chi connectivity index (χ1n) is 3.37. The predicted octanol–water partition coefficient (Wildman–Crippen LogP) is 1.76. The Hall–Kier alpha value is -1.07. The highest BCUT2D eigenvalue weighted by molar-refractivity contribution is 8.14. The Morgan fingerprint density at radius 2 is 2.15 bits per heavy atom. The summed E-state index contributed by atoms with van der Waals surface area (Å²) >= 11 is 0. The zero-order valence-electron chi connectivity index (χ0n) is 6.27. The molecule has 0 spiro atoms. The number of nitrogens with zero attached hydrogens (tertiary/aromatic N) is 1. The highest BCUT2D eigenvalue weighted by atomic mass is 35.7. The van der Waals surface area contributed by atoms with Crippen molar-refractivity contribution in [3.63, 3.8) is 0 Å². The predicted molar refractivity (Wildman–Crippen MR) is 47.0 cm³/mol. The SMILES string of the molecule is O=S(=O)(Cl)c1cccc2conc12. The lowest BCUT2D eigenvalue weighted by Gasteiger charge is -1.94. The molecular weight excluding hydrogens is 214 g/mol. The van der Waals surface area contributed by atoms with E-state index in [1.165, 1.54) is 12.3 Å². The fourth-order valence-electron chi connectivity index (χ4n) is 1.06. The minimum Gasteiger partial charge on any atom is -0.363 e. The second kappa shape index (κ2) is 2.71. The molecule has 0 amide bonds. The molecule has 1 aromatic carbocycles. The third-order valence-electron chi connectivity index (χ3n) is 1.62. The molecule has 68 valence electrons. The van der Waals surface area contributed by atoms with Crippen molar-refractivity contribution in [1.29, 1.82) is 0 Å². The maximum absolute atomic E-state index is 11.0. The van der Waals surface area contributed by atoms with Crippen LogP contribution < -0.4 is 0 Å². The largest absolute Gasteiger partial charge is 0.363 e. The summed E-state index contributed by atoms with van der Waals surface area (Å²) in [5.41, 5.74) is 0.262. The topological polar surface area (TPSA) is 60.2 Å². The van der Waals surface area contributed by atoms with Gasteiger partial charge in [0, 0.05) is 16.1 Å². The summed E-state index contributed by atoms with van der Waals surface area (Å²) in [7, 11) is 1.44. The second-order valence-electron chi connectivity index (χ2n) is 2.45. The molecule has 13 heavy (non-hydrogen) atoms. The first-order valence-corrected chi connectivity index (χ1v) is 5.68. The van der Waals surface area contributed by atoms with Crippen molar-refractivity contribution in [3.8, 4) is 0 Å². The van der Waals surface area contributed by atoms with Crippen LogP contribution in [0.1, 0.15) is 0 Å². The van der Waals surface area contributed by atoms with Gasteiger partial charge in [-0.25, -0.2) is 8.42 Å². The van der Waals surface area contributed by atoms with Gasteiger partial charge < -0.3 is 4.52 Å². The number of aromatic nitrogens is 1. The van der Waals surface area contributed by atoms with Gasteiger partial charge in [-0.1, -0.05) is 11.2 Å². The number of hydrogen-bond donors (Lipinski definition) is 0. The monoisotopic (exact) mass is 217 g/mol. The van der Waals surface area contributed by atoms with Crippen LogP contribution in [0.25, 0.3) is 10.9 Å². The molecule has 1 aromatic heterocycles. The summed E-state index contributed by atoms with van der Waals surface area (Å²) in [5.74, 6) is 0. The molecule has 0 atom stereocenters. The van der Waals surface area contributed by atoms with Crippen LogP contribution in [0.2, 0.25) is 0 Å². The van der Waals surface area contributed by atoms with Crippen LogP contribution >= 0.6 is 10.7 Å². The van der Waals surface area contributed by atoms with E-state index in [1.54, 1.807) is 12.1 Å². The van der Waals surface area contributed by atoms with E-state index < -0.39 is 9.05 Å². The van der Waals surface area contributed by atoms with Gasteiger partial charge in [-0.05, 0) is 12.1 Å². The van der Waals surface area contributed by atoms with Crippen LogP contribution in [0.15, 0.2) is 33.9 Å². The minimum atomic E-state index is -3.75. The fourth-order valence-corrected chi connectivity index (χ4v) is 2.07. The lowest BCUT2D eigenvalue weighted by molar-refractivity contribution is 0.427. The number of rotatable bonds is 1. The van der Waals surface area contributed by atoms with Crippen LogP contribution in [0, 0.1) is 0 Å². The van der Waals surface area contributed by atoms with Gasteiger partial charge in [0.15, 0.2) is 0 Å². The summed E-state index contributed by atoms with van der Waals surface area (Å²) in [5, 5.41) is 4.16. The molecule has 2 rings (SSSR count). The maximum atomic E-state index is 11.0. The van der Waals surface area contributed by atoms with E-state index in [2.05, 4.69) is 9.68 Å². The van der Waals surface area contributed by atoms with Crippen molar-refractivity contribution < 1.29 is 12.9 Å². The molecule has 0 radical (unpaired) electrons. The number of hydrogen-bond acceptors (Lipinski definition) is 4. The maximum Gasteiger partial charge on any atom is 0.263 e. The molecule has 4 nitrogen and oxygen atoms in total. The Morgan fingerprint density at radius 3 is 2.85 bits per heavy atom. The quantitative estimate of drug-likeness (QED) is 0.683. The van der Waals surface area contributed by atoms with Gasteiger partial charge in [0.2, 0.25) is 0 Å². The Kier molecular flexibility index (Phi) is 1.78. The molecule has 0 N–H and O–H groups in total. The Balaban J connectivity index is 2.91. The van der Waals surface area contributed by atoms with Gasteiger partial charge in [-0.2, -0.15) is 0 Å². The standard InChI is InChI=1S/C7H4ClNO3S/c8-13(10,11)6-3-1-2-5-4-12-9-7(5)6/h1-4H. The fraction of sp³-hybridized carbons (Fsp3) is 0. The van der Waals surface area contributed by atoms with Crippen LogP contribution in [0.5, 0.6) is 0 Å². The normalized spacial score (nSPS) is 12.1. The van der Waals surface area contributed by atoms with E-state index in [1.807, 2.05) is 0 Å². The molecule has 0 fully saturated rings. The third kappa shape index (κ3) is 1.40. The van der Waals surface area contributed by atoms with Gasteiger partial charge in [-0.15, -0.1) is 0 Å². The van der Waals surface area contributed by atoms with Crippen molar-refractivity contribution in [2.75, 3.05) is 0 Å². The molecule has 6 heteroatoms. The van der Waals surface area contributed by atoms with E-state index >= 15 is 0 Å². The molecule has 0 aliphatic heterocycles. The van der Waals surface area contributed by atoms with Gasteiger partial charge in [0.25, 0.3) is 9.05 Å². The van der Waals surface area contributed by atoms with Crippen LogP contribution in [0.3, 0.4) is 0 Å². The lowest BCUT2D eigenvalue weighted by Crippen LogP contribution is -1.91. The smallest absolute Gasteiger partial charge is 0.263 e. The van der Waals surface area contributed by atoms with E-state index in [0.717, 1.165) is 0 Å². The number of halogens is 1.